The van der Waals surface area contributed by atoms with Crippen molar-refractivity contribution in [1.29, 1.82) is 0 Å². The van der Waals surface area contributed by atoms with E-state index in [1.165, 1.54) is 0 Å². The lowest BCUT2D eigenvalue weighted by Crippen LogP contribution is -2.40. The monoisotopic (exact) mass is 432 g/mol. The molecular weight excluding hydrogens is 392 g/mol. The average Bonchev–Trinajstić information content (AvgIpc) is 2.73. The van der Waals surface area contributed by atoms with Crippen LogP contribution in [0.1, 0.15) is 61.3 Å². The lowest BCUT2D eigenvalue weighted by molar-refractivity contribution is -0.134. The Balaban J connectivity index is 4.97. The van der Waals surface area contributed by atoms with Crippen molar-refractivity contribution in [3.05, 3.63) is 0 Å². The van der Waals surface area contributed by atoms with Crippen molar-refractivity contribution in [1.82, 2.24) is 0 Å². The molecule has 0 amide bonds. The zero-order chi connectivity index (χ0) is 23.0. The lowest BCUT2D eigenvalue weighted by atomic mass is 9.78. The fourth-order valence-electron chi connectivity index (χ4n) is 3.83. The van der Waals surface area contributed by atoms with E-state index in [0.717, 1.165) is 11.8 Å². The molecule has 0 aliphatic rings. The summed E-state index contributed by atoms with van der Waals surface area (Å²) in [7, 11) is 0. The summed E-state index contributed by atoms with van der Waals surface area (Å²) in [6.07, 6.45) is -0.0888. The van der Waals surface area contributed by atoms with Crippen molar-refractivity contribution >= 4 is 28.4 Å². The first-order valence-corrected chi connectivity index (χ1v) is 11.7. The van der Waals surface area contributed by atoms with Crippen molar-refractivity contribution in [2.24, 2.45) is 35.5 Å². The molecule has 29 heavy (non-hydrogen) atoms. The second kappa shape index (κ2) is 12.8. The Morgan fingerprint density at radius 3 is 1.76 bits per heavy atom. The predicted molar refractivity (Wildman–Crippen MR) is 116 cm³/mol. The van der Waals surface area contributed by atoms with Crippen molar-refractivity contribution in [2.75, 3.05) is 6.26 Å². The van der Waals surface area contributed by atoms with Gasteiger partial charge in [0.1, 0.15) is 11.6 Å². The SMILES string of the molecule is CC[C@@H](O)[C@H](C)[C@H](O)[C@@H](C)C(=O)[C@H](C)C[C@H](C)[C@H](O)[C@@H](C)C(=O)[C@@H](C)C(=O)SC. The van der Waals surface area contributed by atoms with Crippen LogP contribution in [0.3, 0.4) is 0 Å². The Morgan fingerprint density at radius 2 is 1.31 bits per heavy atom. The van der Waals surface area contributed by atoms with Crippen LogP contribution in [-0.2, 0) is 14.4 Å². The van der Waals surface area contributed by atoms with E-state index in [4.69, 9.17) is 0 Å². The summed E-state index contributed by atoms with van der Waals surface area (Å²) >= 11 is 0.997. The van der Waals surface area contributed by atoms with E-state index in [1.54, 1.807) is 47.8 Å². The van der Waals surface area contributed by atoms with Gasteiger partial charge in [0.2, 0.25) is 0 Å². The summed E-state index contributed by atoms with van der Waals surface area (Å²) in [6.45, 7) is 11.9. The van der Waals surface area contributed by atoms with Crippen molar-refractivity contribution in [3.8, 4) is 0 Å². The Hall–Kier alpha value is -0.760. The first kappa shape index (κ1) is 28.2. The highest BCUT2D eigenvalue weighted by molar-refractivity contribution is 8.13. The van der Waals surface area contributed by atoms with Crippen LogP contribution in [0, 0.1) is 35.5 Å². The van der Waals surface area contributed by atoms with Gasteiger partial charge in [-0.15, -0.1) is 0 Å². The zero-order valence-corrected chi connectivity index (χ0v) is 19.9. The third-order valence-corrected chi connectivity index (χ3v) is 7.02. The summed E-state index contributed by atoms with van der Waals surface area (Å²) in [5.41, 5.74) is 0. The fraction of sp³-hybridized carbons (Fsp3) is 0.864. The molecule has 7 heteroatoms. The van der Waals surface area contributed by atoms with Gasteiger partial charge in [0.05, 0.1) is 24.2 Å². The van der Waals surface area contributed by atoms with Gasteiger partial charge in [0.15, 0.2) is 5.12 Å². The molecule has 0 aromatic heterocycles. The summed E-state index contributed by atoms with van der Waals surface area (Å²) in [5, 5.41) is 30.7. The standard InChI is InChI=1S/C22H40O6S/c1-9-17(23)13(4)20(26)14(5)18(24)11(2)10-12(3)19(25)15(6)21(27)16(7)22(28)29-8/h11-17,19-20,23,25-26H,9-10H2,1-8H3/t11-,12+,13+,14+,15-,16-,17-,19+,20+/m1/s1. The lowest BCUT2D eigenvalue weighted by Gasteiger charge is -2.30. The van der Waals surface area contributed by atoms with E-state index < -0.39 is 47.9 Å². The number of hydrogen-bond donors (Lipinski definition) is 3. The molecule has 0 spiro atoms. The van der Waals surface area contributed by atoms with E-state index in [-0.39, 0.29) is 22.6 Å². The molecular formula is C22H40O6S. The molecule has 9 atom stereocenters. The maximum atomic E-state index is 12.8. The van der Waals surface area contributed by atoms with Crippen molar-refractivity contribution < 1.29 is 29.7 Å². The van der Waals surface area contributed by atoms with Crippen LogP contribution >= 0.6 is 11.8 Å². The molecule has 0 bridgehead atoms. The normalized spacial score (nSPS) is 21.2. The van der Waals surface area contributed by atoms with Gasteiger partial charge in [-0.2, -0.15) is 0 Å². The highest BCUT2D eigenvalue weighted by atomic mass is 32.2. The second-order valence-corrected chi connectivity index (χ2v) is 9.37. The van der Waals surface area contributed by atoms with Gasteiger partial charge in [-0.1, -0.05) is 53.3 Å². The van der Waals surface area contributed by atoms with Crippen LogP contribution in [-0.4, -0.2) is 56.6 Å². The van der Waals surface area contributed by atoms with Gasteiger partial charge in [-0.05, 0) is 31.9 Å². The third-order valence-electron chi connectivity index (χ3n) is 6.26. The summed E-state index contributed by atoms with van der Waals surface area (Å²) in [5.74, 6) is -3.70. The first-order chi connectivity index (χ1) is 13.3. The van der Waals surface area contributed by atoms with E-state index in [1.807, 2.05) is 6.92 Å². The van der Waals surface area contributed by atoms with Crippen LogP contribution in [0.5, 0.6) is 0 Å². The molecule has 0 fully saturated rings. The smallest absolute Gasteiger partial charge is 0.198 e. The molecule has 0 aliphatic carbocycles. The van der Waals surface area contributed by atoms with Gasteiger partial charge in [0.25, 0.3) is 0 Å². The molecule has 0 radical (unpaired) electrons. The molecule has 6 nitrogen and oxygen atoms in total. The highest BCUT2D eigenvalue weighted by Gasteiger charge is 2.36. The van der Waals surface area contributed by atoms with Crippen LogP contribution in [0.15, 0.2) is 0 Å². The minimum Gasteiger partial charge on any atom is -0.393 e. The fourth-order valence-corrected chi connectivity index (χ4v) is 4.30. The Morgan fingerprint density at radius 1 is 0.828 bits per heavy atom. The van der Waals surface area contributed by atoms with Gasteiger partial charge >= 0.3 is 0 Å². The maximum Gasteiger partial charge on any atom is 0.198 e. The molecule has 0 heterocycles. The predicted octanol–water partition coefficient (Wildman–Crippen LogP) is 2.71. The van der Waals surface area contributed by atoms with E-state index >= 15 is 0 Å². The van der Waals surface area contributed by atoms with E-state index in [0.29, 0.717) is 12.8 Å². The summed E-state index contributed by atoms with van der Waals surface area (Å²) in [4.78, 5) is 37.0. The number of ketones is 2. The average molecular weight is 433 g/mol. The quantitative estimate of drug-likeness (QED) is 0.384. The molecule has 0 saturated carbocycles. The molecule has 3 N–H and O–H groups in total. The Bertz CT molecular complexity index is 551. The number of carbonyl (C=O) groups excluding carboxylic acids is 3. The second-order valence-electron chi connectivity index (χ2n) is 8.56. The number of carbonyl (C=O) groups is 3. The van der Waals surface area contributed by atoms with Crippen LogP contribution in [0.2, 0.25) is 0 Å². The van der Waals surface area contributed by atoms with Gasteiger partial charge < -0.3 is 15.3 Å². The molecule has 0 unspecified atom stereocenters. The minimum absolute atomic E-state index is 0.128. The molecule has 0 aromatic rings. The number of Topliss-reactive ketones (excluding diaryl/α,β-unsaturated/α-hetero) is 2. The van der Waals surface area contributed by atoms with Crippen LogP contribution in [0.4, 0.5) is 0 Å². The number of aliphatic hydroxyl groups is 3. The zero-order valence-electron chi connectivity index (χ0n) is 19.1. The topological polar surface area (TPSA) is 112 Å². The number of aliphatic hydroxyl groups excluding tert-OH is 3. The van der Waals surface area contributed by atoms with Gasteiger partial charge in [0, 0.05) is 23.7 Å². The Labute approximate surface area is 179 Å². The number of thioether (sulfide) groups is 1. The van der Waals surface area contributed by atoms with Gasteiger partial charge in [-0.3, -0.25) is 14.4 Å². The molecule has 0 aromatic carbocycles. The number of rotatable bonds is 13. The number of hydrogen-bond acceptors (Lipinski definition) is 7. The first-order valence-electron chi connectivity index (χ1n) is 10.5. The molecule has 0 saturated heterocycles. The highest BCUT2D eigenvalue weighted by Crippen LogP contribution is 2.28. The molecule has 0 rings (SSSR count). The van der Waals surface area contributed by atoms with Crippen LogP contribution < -0.4 is 0 Å². The third kappa shape index (κ3) is 7.78. The summed E-state index contributed by atoms with van der Waals surface area (Å²) in [6, 6.07) is 0. The van der Waals surface area contributed by atoms with Crippen molar-refractivity contribution in [3.63, 3.8) is 0 Å². The van der Waals surface area contributed by atoms with Crippen LogP contribution in [0.25, 0.3) is 0 Å². The summed E-state index contributed by atoms with van der Waals surface area (Å²) < 4.78 is 0. The van der Waals surface area contributed by atoms with E-state index in [2.05, 4.69) is 0 Å². The van der Waals surface area contributed by atoms with Crippen molar-refractivity contribution in [2.45, 2.75) is 79.6 Å². The van der Waals surface area contributed by atoms with E-state index in [9.17, 15) is 29.7 Å². The molecule has 0 aliphatic heterocycles. The Kier molecular flexibility index (Phi) is 12.5. The molecule has 170 valence electrons. The van der Waals surface area contributed by atoms with Gasteiger partial charge in [-0.25, -0.2) is 0 Å². The minimum atomic E-state index is -0.962. The maximum absolute atomic E-state index is 12.8. The largest absolute Gasteiger partial charge is 0.393 e.